The molecule has 0 spiro atoms. The van der Waals surface area contributed by atoms with Gasteiger partial charge in [-0.3, -0.25) is 4.90 Å². The van der Waals surface area contributed by atoms with Gasteiger partial charge in [-0.1, -0.05) is 13.8 Å². The van der Waals surface area contributed by atoms with Crippen molar-refractivity contribution >= 4 is 17.3 Å². The molecular weight excluding hydrogens is 270 g/mol. The Kier molecular flexibility index (Phi) is 4.55. The first-order chi connectivity index (χ1) is 9.28. The van der Waals surface area contributed by atoms with E-state index in [2.05, 4.69) is 25.8 Å². The van der Waals surface area contributed by atoms with Crippen LogP contribution in [0.5, 0.6) is 0 Å². The number of nitrogens with zero attached hydrogens (tertiary/aromatic N) is 1. The molecule has 20 heavy (non-hydrogen) atoms. The van der Waals surface area contributed by atoms with Crippen molar-refractivity contribution in [2.24, 2.45) is 5.41 Å². The van der Waals surface area contributed by atoms with Crippen molar-refractivity contribution < 1.29 is 9.90 Å². The highest BCUT2D eigenvalue weighted by Gasteiger charge is 2.29. The van der Waals surface area contributed by atoms with E-state index in [4.69, 9.17) is 5.11 Å². The Morgan fingerprint density at radius 1 is 1.45 bits per heavy atom. The van der Waals surface area contributed by atoms with Gasteiger partial charge in [0.15, 0.2) is 0 Å². The van der Waals surface area contributed by atoms with Crippen molar-refractivity contribution in [3.63, 3.8) is 0 Å². The summed E-state index contributed by atoms with van der Waals surface area (Å²) in [5.41, 5.74) is 1.66. The summed E-state index contributed by atoms with van der Waals surface area (Å²) in [7, 11) is 2.17. The quantitative estimate of drug-likeness (QED) is 0.907. The zero-order chi connectivity index (χ0) is 14.9. The van der Waals surface area contributed by atoms with Gasteiger partial charge in [-0.15, -0.1) is 11.3 Å². The minimum Gasteiger partial charge on any atom is -0.477 e. The van der Waals surface area contributed by atoms with Crippen LogP contribution < -0.4 is 0 Å². The van der Waals surface area contributed by atoms with Gasteiger partial charge in [0.25, 0.3) is 0 Å². The third-order valence-corrected chi connectivity index (χ3v) is 5.66. The average molecular weight is 295 g/mol. The Hall–Kier alpha value is -0.870. The van der Waals surface area contributed by atoms with Crippen LogP contribution >= 0.6 is 11.3 Å². The lowest BCUT2D eigenvalue weighted by atomic mass is 9.75. The molecular formula is C16H25NO2S. The number of aryl methyl sites for hydroxylation is 1. The van der Waals surface area contributed by atoms with E-state index < -0.39 is 5.97 Å². The fourth-order valence-corrected chi connectivity index (χ4v) is 3.88. The summed E-state index contributed by atoms with van der Waals surface area (Å²) in [6, 6.07) is 2.47. The van der Waals surface area contributed by atoms with E-state index in [1.54, 1.807) is 0 Å². The van der Waals surface area contributed by atoms with Crippen LogP contribution in [-0.4, -0.2) is 29.1 Å². The molecule has 2 rings (SSSR count). The smallest absolute Gasteiger partial charge is 0.345 e. The largest absolute Gasteiger partial charge is 0.477 e. The molecule has 4 heteroatoms. The fraction of sp³-hybridized carbons (Fsp3) is 0.688. The molecule has 0 aromatic carbocycles. The maximum Gasteiger partial charge on any atom is 0.345 e. The van der Waals surface area contributed by atoms with Crippen LogP contribution in [0.15, 0.2) is 6.07 Å². The molecule has 0 radical (unpaired) electrons. The maximum atomic E-state index is 11.0. The summed E-state index contributed by atoms with van der Waals surface area (Å²) in [5, 5.41) is 9.06. The first-order valence-corrected chi connectivity index (χ1v) is 8.13. The highest BCUT2D eigenvalue weighted by atomic mass is 32.1. The molecule has 1 aromatic rings. The monoisotopic (exact) mass is 295 g/mol. The number of thiophene rings is 1. The summed E-state index contributed by atoms with van der Waals surface area (Å²) < 4.78 is 0. The molecule has 3 nitrogen and oxygen atoms in total. The molecule has 0 atom stereocenters. The van der Waals surface area contributed by atoms with Crippen LogP contribution in [0.3, 0.4) is 0 Å². The minimum absolute atomic E-state index is 0.454. The second-order valence-corrected chi connectivity index (χ2v) is 8.06. The molecule has 1 aromatic heterocycles. The van der Waals surface area contributed by atoms with Gasteiger partial charge in [0.1, 0.15) is 4.88 Å². The van der Waals surface area contributed by atoms with Crippen molar-refractivity contribution in [1.82, 2.24) is 4.90 Å². The summed E-state index contributed by atoms with van der Waals surface area (Å²) in [4.78, 5) is 15.0. The average Bonchev–Trinajstić information content (AvgIpc) is 2.71. The Labute approximate surface area is 125 Å². The van der Waals surface area contributed by atoms with Crippen molar-refractivity contribution in [1.29, 1.82) is 0 Å². The molecule has 1 saturated carbocycles. The molecule has 1 aliphatic carbocycles. The summed E-state index contributed by atoms with van der Waals surface area (Å²) in [5.74, 6) is -0.814. The summed E-state index contributed by atoms with van der Waals surface area (Å²) in [6.07, 6.45) is 5.06. The van der Waals surface area contributed by atoms with E-state index >= 15 is 0 Å². The summed E-state index contributed by atoms with van der Waals surface area (Å²) in [6.45, 7) is 7.59. The normalized spacial score (nSPS) is 19.4. The zero-order valence-electron chi connectivity index (χ0n) is 12.9. The van der Waals surface area contributed by atoms with Crippen LogP contribution in [0.4, 0.5) is 0 Å². The van der Waals surface area contributed by atoms with E-state index in [-0.39, 0.29) is 0 Å². The van der Waals surface area contributed by atoms with Gasteiger partial charge in [0.05, 0.1) is 0 Å². The van der Waals surface area contributed by atoms with Gasteiger partial charge in [0, 0.05) is 17.5 Å². The Morgan fingerprint density at radius 2 is 2.05 bits per heavy atom. The molecule has 1 fully saturated rings. The van der Waals surface area contributed by atoms with Crippen LogP contribution in [0.1, 0.15) is 59.6 Å². The van der Waals surface area contributed by atoms with Crippen molar-refractivity contribution in [2.75, 3.05) is 7.05 Å². The number of carboxylic acids is 1. The van der Waals surface area contributed by atoms with E-state index in [0.717, 1.165) is 11.4 Å². The van der Waals surface area contributed by atoms with E-state index in [1.807, 2.05) is 13.0 Å². The van der Waals surface area contributed by atoms with Gasteiger partial charge < -0.3 is 5.11 Å². The molecule has 0 amide bonds. The van der Waals surface area contributed by atoms with Gasteiger partial charge >= 0.3 is 5.97 Å². The highest BCUT2D eigenvalue weighted by molar-refractivity contribution is 7.14. The van der Waals surface area contributed by atoms with Crippen molar-refractivity contribution in [3.05, 3.63) is 21.4 Å². The van der Waals surface area contributed by atoms with Gasteiger partial charge in [-0.25, -0.2) is 4.79 Å². The third kappa shape index (κ3) is 3.61. The molecule has 0 bridgehead atoms. The number of rotatable bonds is 4. The number of hydrogen-bond donors (Lipinski definition) is 1. The molecule has 0 saturated heterocycles. The van der Waals surface area contributed by atoms with Crippen molar-refractivity contribution in [2.45, 2.75) is 59.0 Å². The van der Waals surface area contributed by atoms with E-state index in [9.17, 15) is 4.79 Å². The predicted molar refractivity (Wildman–Crippen MR) is 83.5 cm³/mol. The van der Waals surface area contributed by atoms with E-state index in [1.165, 1.54) is 42.6 Å². The lowest BCUT2D eigenvalue weighted by Gasteiger charge is -2.38. The Morgan fingerprint density at radius 3 is 2.55 bits per heavy atom. The first kappa shape index (κ1) is 15.5. The molecule has 1 N–H and O–H groups in total. The number of hydrogen-bond acceptors (Lipinski definition) is 3. The third-order valence-electron chi connectivity index (χ3n) is 4.58. The van der Waals surface area contributed by atoms with Crippen LogP contribution in [-0.2, 0) is 6.54 Å². The van der Waals surface area contributed by atoms with Gasteiger partial charge in [-0.05, 0) is 56.7 Å². The number of carbonyl (C=O) groups is 1. The molecule has 0 aliphatic heterocycles. The van der Waals surface area contributed by atoms with E-state index in [0.29, 0.717) is 16.3 Å². The number of aromatic carboxylic acids is 1. The van der Waals surface area contributed by atoms with Crippen LogP contribution in [0.2, 0.25) is 0 Å². The van der Waals surface area contributed by atoms with Gasteiger partial charge in [-0.2, -0.15) is 0 Å². The highest BCUT2D eigenvalue weighted by Crippen LogP contribution is 2.37. The van der Waals surface area contributed by atoms with Gasteiger partial charge in [0.2, 0.25) is 0 Å². The standard InChI is InChI=1S/C16H25NO2S/c1-11-12(9-14(20-11)15(18)19)10-17(4)13-5-7-16(2,3)8-6-13/h9,13H,5-8,10H2,1-4H3,(H,18,19). The molecule has 1 heterocycles. The second-order valence-electron chi connectivity index (χ2n) is 6.81. The topological polar surface area (TPSA) is 40.5 Å². The lowest BCUT2D eigenvalue weighted by molar-refractivity contribution is 0.0702. The Balaban J connectivity index is 1.98. The minimum atomic E-state index is -0.814. The zero-order valence-corrected chi connectivity index (χ0v) is 13.7. The van der Waals surface area contributed by atoms with Crippen LogP contribution in [0.25, 0.3) is 0 Å². The van der Waals surface area contributed by atoms with Crippen molar-refractivity contribution in [3.8, 4) is 0 Å². The predicted octanol–water partition coefficient (Wildman–Crippen LogP) is 4.16. The SMILES string of the molecule is Cc1sc(C(=O)O)cc1CN(C)C1CCC(C)(C)CC1. The Bertz CT molecular complexity index is 483. The second kappa shape index (κ2) is 5.86. The first-order valence-electron chi connectivity index (χ1n) is 7.31. The molecule has 0 unspecified atom stereocenters. The molecule has 1 aliphatic rings. The molecule has 112 valence electrons. The maximum absolute atomic E-state index is 11.0. The van der Waals surface area contributed by atoms with Crippen LogP contribution in [0, 0.1) is 12.3 Å². The lowest BCUT2D eigenvalue weighted by Crippen LogP contribution is -2.36. The number of carboxylic acid groups (broad SMARTS) is 1. The summed E-state index contributed by atoms with van der Waals surface area (Å²) >= 11 is 1.38. The fourth-order valence-electron chi connectivity index (χ4n) is 3.00.